The van der Waals surface area contributed by atoms with Crippen molar-refractivity contribution in [2.45, 2.75) is 6.92 Å². The van der Waals surface area contributed by atoms with Crippen molar-refractivity contribution < 1.29 is 13.9 Å². The van der Waals surface area contributed by atoms with Gasteiger partial charge in [0.15, 0.2) is 4.67 Å². The summed E-state index contributed by atoms with van der Waals surface area (Å²) in [5, 5.41) is 3.34. The van der Waals surface area contributed by atoms with Crippen LogP contribution in [0.2, 0.25) is 5.02 Å². The van der Waals surface area contributed by atoms with E-state index < -0.39 is 0 Å². The van der Waals surface area contributed by atoms with Gasteiger partial charge in [0.2, 0.25) is 0 Å². The average molecular weight is 345 g/mol. The summed E-state index contributed by atoms with van der Waals surface area (Å²) in [5.41, 5.74) is 1.82. The van der Waals surface area contributed by atoms with Gasteiger partial charge in [0.1, 0.15) is 5.75 Å². The van der Waals surface area contributed by atoms with Crippen LogP contribution in [0.5, 0.6) is 5.75 Å². The first-order valence-corrected chi connectivity index (χ1v) is 6.58. The van der Waals surface area contributed by atoms with Gasteiger partial charge in [-0.25, -0.2) is 0 Å². The van der Waals surface area contributed by atoms with Gasteiger partial charge in [0, 0.05) is 11.1 Å². The number of carbonyl (C=O) groups excluding carboxylic acids is 1. The van der Waals surface area contributed by atoms with Crippen molar-refractivity contribution in [2.75, 3.05) is 12.4 Å². The summed E-state index contributed by atoms with van der Waals surface area (Å²) in [4.78, 5) is 12.1. The summed E-state index contributed by atoms with van der Waals surface area (Å²) < 4.78 is 10.6. The second kappa shape index (κ2) is 5.67. The molecule has 1 amide bonds. The zero-order valence-corrected chi connectivity index (χ0v) is 12.6. The Balaban J connectivity index is 2.31. The van der Waals surface area contributed by atoms with Crippen LogP contribution in [0.15, 0.2) is 33.5 Å². The molecule has 0 bridgehead atoms. The number of amides is 1. The number of anilines is 1. The van der Waals surface area contributed by atoms with Crippen LogP contribution in [0.25, 0.3) is 0 Å². The molecule has 6 heteroatoms. The Hall–Kier alpha value is -1.46. The van der Waals surface area contributed by atoms with Gasteiger partial charge >= 0.3 is 0 Å². The van der Waals surface area contributed by atoms with Gasteiger partial charge in [-0.2, -0.15) is 0 Å². The Morgan fingerprint density at radius 2 is 2.21 bits per heavy atom. The minimum absolute atomic E-state index is 0.291. The van der Waals surface area contributed by atoms with Crippen LogP contribution in [0.1, 0.15) is 15.9 Å². The van der Waals surface area contributed by atoms with E-state index in [9.17, 15) is 4.79 Å². The van der Waals surface area contributed by atoms with Crippen molar-refractivity contribution >= 4 is 39.1 Å². The molecule has 0 radical (unpaired) electrons. The number of hydrogen-bond acceptors (Lipinski definition) is 3. The number of benzene rings is 1. The van der Waals surface area contributed by atoms with Gasteiger partial charge < -0.3 is 14.5 Å². The fraction of sp³-hybridized carbons (Fsp3) is 0.154. The lowest BCUT2D eigenvalue weighted by Crippen LogP contribution is -2.12. The molecular weight excluding hydrogens is 334 g/mol. The maximum absolute atomic E-state index is 12.1. The largest absolute Gasteiger partial charge is 0.495 e. The van der Waals surface area contributed by atoms with E-state index in [-0.39, 0.29) is 5.91 Å². The summed E-state index contributed by atoms with van der Waals surface area (Å²) in [7, 11) is 1.52. The van der Waals surface area contributed by atoms with E-state index in [2.05, 4.69) is 21.2 Å². The molecule has 1 aromatic heterocycles. The summed E-state index contributed by atoms with van der Waals surface area (Å²) >= 11 is 9.17. The second-order valence-electron chi connectivity index (χ2n) is 3.86. The topological polar surface area (TPSA) is 51.5 Å². The highest BCUT2D eigenvalue weighted by atomic mass is 79.9. The lowest BCUT2D eigenvalue weighted by molar-refractivity contribution is 0.102. The van der Waals surface area contributed by atoms with Crippen molar-refractivity contribution in [1.29, 1.82) is 0 Å². The number of nitrogens with one attached hydrogen (secondary N) is 1. The summed E-state index contributed by atoms with van der Waals surface area (Å²) in [6.07, 6.45) is 1.43. The number of hydrogen-bond donors (Lipinski definition) is 1. The molecule has 0 saturated heterocycles. The molecule has 0 aliphatic rings. The monoisotopic (exact) mass is 343 g/mol. The highest BCUT2D eigenvalue weighted by Gasteiger charge is 2.15. The molecule has 100 valence electrons. The van der Waals surface area contributed by atoms with E-state index in [1.807, 2.05) is 6.92 Å². The zero-order chi connectivity index (χ0) is 14.0. The quantitative estimate of drug-likeness (QED) is 0.905. The standard InChI is InChI=1S/C13H11BrClNO3/c1-7-5-10(11(18-2)6-9(7)15)16-13(17)8-3-4-19-12(8)14/h3-6H,1-2H3,(H,16,17). The number of halogens is 2. The summed E-state index contributed by atoms with van der Waals surface area (Å²) in [6.45, 7) is 1.85. The van der Waals surface area contributed by atoms with E-state index in [1.165, 1.54) is 13.4 Å². The van der Waals surface area contributed by atoms with E-state index in [0.29, 0.717) is 26.7 Å². The molecule has 0 fully saturated rings. The van der Waals surface area contributed by atoms with Crippen molar-refractivity contribution in [3.05, 3.63) is 45.3 Å². The fourth-order valence-corrected chi connectivity index (χ4v) is 2.15. The van der Waals surface area contributed by atoms with Crippen LogP contribution in [0, 0.1) is 6.92 Å². The van der Waals surface area contributed by atoms with Crippen LogP contribution in [-0.2, 0) is 0 Å². The fourth-order valence-electron chi connectivity index (χ4n) is 1.58. The smallest absolute Gasteiger partial charge is 0.260 e. The molecule has 1 aromatic carbocycles. The van der Waals surface area contributed by atoms with E-state index in [0.717, 1.165) is 5.56 Å². The minimum atomic E-state index is -0.291. The van der Waals surface area contributed by atoms with Crippen molar-refractivity contribution in [3.63, 3.8) is 0 Å². The first kappa shape index (κ1) is 14.0. The van der Waals surface area contributed by atoms with E-state index in [1.54, 1.807) is 18.2 Å². The van der Waals surface area contributed by atoms with Crippen LogP contribution < -0.4 is 10.1 Å². The third kappa shape index (κ3) is 2.93. The maximum Gasteiger partial charge on any atom is 0.260 e. The minimum Gasteiger partial charge on any atom is -0.495 e. The summed E-state index contributed by atoms with van der Waals surface area (Å²) in [5.74, 6) is 0.212. The zero-order valence-electron chi connectivity index (χ0n) is 10.3. The van der Waals surface area contributed by atoms with Crippen LogP contribution in [0.3, 0.4) is 0 Å². The highest BCUT2D eigenvalue weighted by molar-refractivity contribution is 9.10. The SMILES string of the molecule is COc1cc(Cl)c(C)cc1NC(=O)c1ccoc1Br. The number of carbonyl (C=O) groups is 1. The van der Waals surface area contributed by atoms with Crippen molar-refractivity contribution in [2.24, 2.45) is 0 Å². The number of methoxy groups -OCH3 is 1. The Morgan fingerprint density at radius 3 is 2.79 bits per heavy atom. The predicted octanol–water partition coefficient (Wildman–Crippen LogP) is 4.26. The molecule has 4 nitrogen and oxygen atoms in total. The van der Waals surface area contributed by atoms with Crippen LogP contribution in [-0.4, -0.2) is 13.0 Å². The van der Waals surface area contributed by atoms with Crippen LogP contribution >= 0.6 is 27.5 Å². The second-order valence-corrected chi connectivity index (χ2v) is 4.99. The third-order valence-corrected chi connectivity index (χ3v) is 3.61. The van der Waals surface area contributed by atoms with Crippen LogP contribution in [0.4, 0.5) is 5.69 Å². The normalized spacial score (nSPS) is 10.3. The van der Waals surface area contributed by atoms with Crippen molar-refractivity contribution in [1.82, 2.24) is 0 Å². The Morgan fingerprint density at radius 1 is 1.47 bits per heavy atom. The molecule has 0 unspecified atom stereocenters. The molecule has 19 heavy (non-hydrogen) atoms. The maximum atomic E-state index is 12.1. The molecule has 0 aliphatic carbocycles. The van der Waals surface area contributed by atoms with Gasteiger partial charge in [-0.05, 0) is 40.5 Å². The number of furan rings is 1. The molecule has 0 atom stereocenters. The van der Waals surface area contributed by atoms with Gasteiger partial charge in [-0.15, -0.1) is 0 Å². The first-order valence-electron chi connectivity index (χ1n) is 5.41. The Kier molecular flexibility index (Phi) is 4.17. The molecule has 0 aliphatic heterocycles. The molecule has 0 spiro atoms. The third-order valence-electron chi connectivity index (χ3n) is 2.59. The molecule has 1 N–H and O–H groups in total. The lowest BCUT2D eigenvalue weighted by Gasteiger charge is -2.11. The molecule has 2 aromatic rings. The van der Waals surface area contributed by atoms with E-state index >= 15 is 0 Å². The van der Waals surface area contributed by atoms with Gasteiger partial charge in [-0.3, -0.25) is 4.79 Å². The van der Waals surface area contributed by atoms with Crippen molar-refractivity contribution in [3.8, 4) is 5.75 Å². The number of aryl methyl sites for hydroxylation is 1. The first-order chi connectivity index (χ1) is 9.02. The lowest BCUT2D eigenvalue weighted by atomic mass is 10.2. The molecular formula is C13H11BrClNO3. The Bertz CT molecular complexity index is 624. The molecule has 2 rings (SSSR count). The van der Waals surface area contributed by atoms with Gasteiger partial charge in [0.25, 0.3) is 5.91 Å². The highest BCUT2D eigenvalue weighted by Crippen LogP contribution is 2.31. The average Bonchev–Trinajstić information content (AvgIpc) is 2.79. The van der Waals surface area contributed by atoms with Gasteiger partial charge in [0.05, 0.1) is 24.6 Å². The number of rotatable bonds is 3. The molecule has 1 heterocycles. The van der Waals surface area contributed by atoms with E-state index in [4.69, 9.17) is 20.8 Å². The predicted molar refractivity (Wildman–Crippen MR) is 77.1 cm³/mol. The number of ether oxygens (including phenoxy) is 1. The summed E-state index contributed by atoms with van der Waals surface area (Å²) in [6, 6.07) is 5.00. The van der Waals surface area contributed by atoms with Gasteiger partial charge in [-0.1, -0.05) is 11.6 Å². The molecule has 0 saturated carbocycles. The Labute approximate surface area is 123 Å².